The molecule has 1 aliphatic carbocycles. The topological polar surface area (TPSA) is 43.4 Å². The first-order chi connectivity index (χ1) is 14.2. The van der Waals surface area contributed by atoms with Crippen molar-refractivity contribution in [2.24, 2.45) is 5.92 Å². The second-order valence-corrected chi connectivity index (χ2v) is 5.99. The minimum atomic E-state index is -0.379. The molecule has 2 aromatic rings. The number of esters is 1. The van der Waals surface area contributed by atoms with Crippen LogP contribution in [-0.2, 0) is 14.3 Å². The number of benzene rings is 2. The highest BCUT2D eigenvalue weighted by molar-refractivity contribution is 5.94. The highest BCUT2D eigenvalue weighted by Gasteiger charge is 2.41. The maximum atomic E-state index is 12.6. The Morgan fingerprint density at radius 1 is 0.862 bits per heavy atom. The van der Waals surface area contributed by atoms with Crippen molar-refractivity contribution in [2.75, 3.05) is 0 Å². The predicted octanol–water partition coefficient (Wildman–Crippen LogP) is 7.13. The standard InChI is InChI=1S/C20H20O3.3C2H6/c1-14(15-8-4-2-5-9-15)23-20(22)17-12-13-18(21)19(17)16-10-6-3-7-11-16;3*1-2/h2-11,14,17,19H,12-13H2,1H3;3*1-2H3/t14-,17?,19?;;;/m0.../s1. The minimum Gasteiger partial charge on any atom is -0.458 e. The Morgan fingerprint density at radius 2 is 1.34 bits per heavy atom. The van der Waals surface area contributed by atoms with Gasteiger partial charge in [0.25, 0.3) is 0 Å². The summed E-state index contributed by atoms with van der Waals surface area (Å²) in [6.07, 6.45) is 0.702. The van der Waals surface area contributed by atoms with Crippen LogP contribution < -0.4 is 0 Å². The van der Waals surface area contributed by atoms with E-state index >= 15 is 0 Å². The van der Waals surface area contributed by atoms with Crippen molar-refractivity contribution in [1.82, 2.24) is 0 Å². The Bertz CT molecular complexity index is 680. The fourth-order valence-electron chi connectivity index (χ4n) is 3.23. The third-order valence-corrected chi connectivity index (χ3v) is 4.47. The number of hydrogen-bond acceptors (Lipinski definition) is 3. The zero-order valence-electron chi connectivity index (χ0n) is 19.1. The van der Waals surface area contributed by atoms with Gasteiger partial charge in [-0.2, -0.15) is 0 Å². The van der Waals surface area contributed by atoms with Gasteiger partial charge in [0.15, 0.2) is 0 Å². The van der Waals surface area contributed by atoms with Crippen LogP contribution in [-0.4, -0.2) is 11.8 Å². The van der Waals surface area contributed by atoms with Gasteiger partial charge < -0.3 is 4.74 Å². The van der Waals surface area contributed by atoms with Gasteiger partial charge in [-0.3, -0.25) is 9.59 Å². The molecule has 1 saturated carbocycles. The summed E-state index contributed by atoms with van der Waals surface area (Å²) in [5, 5.41) is 0. The summed E-state index contributed by atoms with van der Waals surface area (Å²) in [6, 6.07) is 19.2. The van der Waals surface area contributed by atoms with Gasteiger partial charge in [-0.25, -0.2) is 0 Å². The summed E-state index contributed by atoms with van der Waals surface area (Å²) in [4.78, 5) is 24.8. The van der Waals surface area contributed by atoms with E-state index in [9.17, 15) is 9.59 Å². The van der Waals surface area contributed by atoms with E-state index in [1.807, 2.05) is 109 Å². The summed E-state index contributed by atoms with van der Waals surface area (Å²) in [5.41, 5.74) is 1.87. The summed E-state index contributed by atoms with van der Waals surface area (Å²) in [5.74, 6) is -0.894. The average Bonchev–Trinajstić information content (AvgIpc) is 3.20. The van der Waals surface area contributed by atoms with Gasteiger partial charge in [0.2, 0.25) is 0 Å². The quantitative estimate of drug-likeness (QED) is 0.514. The minimum absolute atomic E-state index is 0.130. The van der Waals surface area contributed by atoms with Gasteiger partial charge in [0, 0.05) is 6.42 Å². The lowest BCUT2D eigenvalue weighted by atomic mass is 9.88. The van der Waals surface area contributed by atoms with Crippen LogP contribution in [0.4, 0.5) is 0 Å². The Morgan fingerprint density at radius 3 is 1.86 bits per heavy atom. The van der Waals surface area contributed by atoms with Crippen molar-refractivity contribution in [3.8, 4) is 0 Å². The summed E-state index contributed by atoms with van der Waals surface area (Å²) in [6.45, 7) is 13.9. The lowest BCUT2D eigenvalue weighted by Crippen LogP contribution is -2.24. The SMILES string of the molecule is CC.CC.CC.C[C@H](OC(=O)C1CCC(=O)C1c1ccccc1)c1ccccc1. The molecule has 0 aliphatic heterocycles. The van der Waals surface area contributed by atoms with Crippen LogP contribution in [0.2, 0.25) is 0 Å². The number of rotatable bonds is 4. The zero-order chi connectivity index (χ0) is 22.2. The molecule has 0 bridgehead atoms. The van der Waals surface area contributed by atoms with Crippen LogP contribution in [0.25, 0.3) is 0 Å². The van der Waals surface area contributed by atoms with Crippen LogP contribution in [0.5, 0.6) is 0 Å². The molecule has 3 nitrogen and oxygen atoms in total. The second kappa shape index (κ2) is 15.5. The fraction of sp³-hybridized carbons (Fsp3) is 0.462. The van der Waals surface area contributed by atoms with Crippen LogP contribution in [0, 0.1) is 5.92 Å². The van der Waals surface area contributed by atoms with Gasteiger partial charge in [-0.1, -0.05) is 102 Å². The maximum absolute atomic E-state index is 12.6. The third-order valence-electron chi connectivity index (χ3n) is 4.47. The normalized spacial score (nSPS) is 18.0. The van der Waals surface area contributed by atoms with Gasteiger partial charge in [-0.15, -0.1) is 0 Å². The fourth-order valence-corrected chi connectivity index (χ4v) is 3.23. The average molecular weight is 399 g/mol. The molecule has 0 N–H and O–H groups in total. The first kappa shape index (κ1) is 26.6. The zero-order valence-corrected chi connectivity index (χ0v) is 19.1. The molecule has 0 heterocycles. The first-order valence-electron chi connectivity index (χ1n) is 11.0. The summed E-state index contributed by atoms with van der Waals surface area (Å²) < 4.78 is 5.63. The van der Waals surface area contributed by atoms with E-state index in [1.54, 1.807) is 0 Å². The number of carbonyl (C=O) groups is 2. The van der Waals surface area contributed by atoms with Crippen LogP contribution >= 0.6 is 0 Å². The van der Waals surface area contributed by atoms with Crippen molar-refractivity contribution < 1.29 is 14.3 Å². The molecule has 3 heteroatoms. The van der Waals surface area contributed by atoms with E-state index in [2.05, 4.69) is 0 Å². The molecule has 29 heavy (non-hydrogen) atoms. The van der Waals surface area contributed by atoms with E-state index in [0.717, 1.165) is 11.1 Å². The van der Waals surface area contributed by atoms with E-state index in [4.69, 9.17) is 4.74 Å². The molecule has 0 aromatic heterocycles. The molecule has 160 valence electrons. The number of ether oxygens (including phenoxy) is 1. The largest absolute Gasteiger partial charge is 0.458 e. The number of carbonyl (C=O) groups excluding carboxylic acids is 2. The van der Waals surface area contributed by atoms with Crippen LogP contribution in [0.1, 0.15) is 84.5 Å². The van der Waals surface area contributed by atoms with Crippen molar-refractivity contribution in [1.29, 1.82) is 0 Å². The summed E-state index contributed by atoms with van der Waals surface area (Å²) in [7, 11) is 0. The van der Waals surface area contributed by atoms with Crippen molar-refractivity contribution >= 4 is 11.8 Å². The first-order valence-corrected chi connectivity index (χ1v) is 11.0. The van der Waals surface area contributed by atoms with Gasteiger partial charge >= 0.3 is 5.97 Å². The second-order valence-electron chi connectivity index (χ2n) is 5.99. The maximum Gasteiger partial charge on any atom is 0.310 e. The highest BCUT2D eigenvalue weighted by atomic mass is 16.5. The molecular weight excluding hydrogens is 360 g/mol. The Kier molecular flexibility index (Phi) is 14.2. The van der Waals surface area contributed by atoms with Gasteiger partial charge in [0.05, 0.1) is 11.8 Å². The smallest absolute Gasteiger partial charge is 0.310 e. The van der Waals surface area contributed by atoms with E-state index < -0.39 is 0 Å². The Labute approximate surface area is 177 Å². The van der Waals surface area contributed by atoms with Crippen LogP contribution in [0.3, 0.4) is 0 Å². The van der Waals surface area contributed by atoms with Crippen molar-refractivity contribution in [3.63, 3.8) is 0 Å². The molecule has 0 radical (unpaired) electrons. The van der Waals surface area contributed by atoms with E-state index in [1.165, 1.54) is 0 Å². The lowest BCUT2D eigenvalue weighted by molar-refractivity contribution is -0.154. The summed E-state index contributed by atoms with van der Waals surface area (Å²) >= 11 is 0. The number of Topliss-reactive ketones (excluding diaryl/α,β-unsaturated/α-hetero) is 1. The highest BCUT2D eigenvalue weighted by Crippen LogP contribution is 2.38. The van der Waals surface area contributed by atoms with E-state index in [0.29, 0.717) is 12.8 Å². The Hall–Kier alpha value is -2.42. The molecule has 0 spiro atoms. The molecule has 1 fully saturated rings. The monoisotopic (exact) mass is 398 g/mol. The van der Waals surface area contributed by atoms with Crippen LogP contribution in [0.15, 0.2) is 60.7 Å². The molecular formula is C26H38O3. The van der Waals surface area contributed by atoms with E-state index in [-0.39, 0.29) is 29.7 Å². The van der Waals surface area contributed by atoms with Crippen molar-refractivity contribution in [2.45, 2.75) is 73.3 Å². The molecule has 0 saturated heterocycles. The molecule has 1 aliphatic rings. The molecule has 3 atom stereocenters. The Balaban J connectivity index is 0.00000120. The third kappa shape index (κ3) is 7.84. The molecule has 2 aromatic carbocycles. The predicted molar refractivity (Wildman–Crippen MR) is 122 cm³/mol. The van der Waals surface area contributed by atoms with Crippen molar-refractivity contribution in [3.05, 3.63) is 71.8 Å². The molecule has 0 amide bonds. The molecule has 3 rings (SSSR count). The van der Waals surface area contributed by atoms with Gasteiger partial charge in [0.1, 0.15) is 11.9 Å². The molecule has 2 unspecified atom stereocenters. The number of hydrogen-bond donors (Lipinski definition) is 0. The van der Waals surface area contributed by atoms with Gasteiger partial charge in [-0.05, 0) is 24.5 Å². The lowest BCUT2D eigenvalue weighted by Gasteiger charge is -2.21. The number of ketones is 1.